The summed E-state index contributed by atoms with van der Waals surface area (Å²) in [5, 5.41) is 13.7. The highest BCUT2D eigenvalue weighted by atomic mass is 32.1. The van der Waals surface area contributed by atoms with Gasteiger partial charge in [0.05, 0.1) is 13.1 Å². The Hall–Kier alpha value is -3.39. The Kier molecular flexibility index (Phi) is 5.90. The van der Waals surface area contributed by atoms with E-state index in [0.717, 1.165) is 11.1 Å². The van der Waals surface area contributed by atoms with Crippen molar-refractivity contribution in [1.29, 1.82) is 0 Å². The van der Waals surface area contributed by atoms with Crippen molar-refractivity contribution in [1.82, 2.24) is 14.8 Å². The zero-order chi connectivity index (χ0) is 22.0. The fraction of sp³-hybridized carbons (Fsp3) is 0.261. The molecule has 0 saturated heterocycles. The highest BCUT2D eigenvalue weighted by Gasteiger charge is 2.19. The first-order valence-corrected chi connectivity index (χ1v) is 10.8. The Morgan fingerprint density at radius 1 is 1.35 bits per heavy atom. The van der Waals surface area contributed by atoms with E-state index in [1.54, 1.807) is 35.6 Å². The van der Waals surface area contributed by atoms with Crippen molar-refractivity contribution in [3.8, 4) is 0 Å². The van der Waals surface area contributed by atoms with Gasteiger partial charge >= 0.3 is 6.09 Å². The first-order chi connectivity index (χ1) is 14.9. The van der Waals surface area contributed by atoms with Crippen LogP contribution < -0.4 is 5.32 Å². The van der Waals surface area contributed by atoms with Gasteiger partial charge in [-0.05, 0) is 41.6 Å². The molecule has 0 bridgehead atoms. The molecule has 2 amide bonds. The molecule has 0 spiro atoms. The average molecular weight is 437 g/mol. The molecule has 0 radical (unpaired) electrons. The highest BCUT2D eigenvalue weighted by Crippen LogP contribution is 2.31. The number of pyridine rings is 1. The number of nitrogens with one attached hydrogen (secondary N) is 1. The van der Waals surface area contributed by atoms with Crippen LogP contribution in [-0.2, 0) is 17.9 Å². The van der Waals surface area contributed by atoms with Crippen molar-refractivity contribution in [3.63, 3.8) is 0 Å². The average Bonchev–Trinajstić information content (AvgIpc) is 2.94. The van der Waals surface area contributed by atoms with E-state index >= 15 is 0 Å². The Labute approximate surface area is 184 Å². The van der Waals surface area contributed by atoms with Crippen LogP contribution >= 0.6 is 11.3 Å². The maximum Gasteiger partial charge on any atom is 0.407 e. The number of hydrogen-bond acceptors (Lipinski definition) is 5. The van der Waals surface area contributed by atoms with Crippen molar-refractivity contribution < 1.29 is 14.7 Å². The summed E-state index contributed by atoms with van der Waals surface area (Å²) in [6.07, 6.45) is 3.98. The van der Waals surface area contributed by atoms with Gasteiger partial charge in [-0.15, -0.1) is 11.3 Å². The first kappa shape index (κ1) is 20.9. The Morgan fingerprint density at radius 3 is 2.94 bits per heavy atom. The van der Waals surface area contributed by atoms with E-state index in [9.17, 15) is 14.7 Å². The molecule has 2 N–H and O–H groups in total. The molecular weight excluding hydrogens is 412 g/mol. The second-order valence-corrected chi connectivity index (χ2v) is 8.72. The molecular formula is C23H24N4O3S. The number of carbonyl (C=O) groups is 2. The molecule has 0 fully saturated rings. The molecule has 8 heteroatoms. The number of anilines is 1. The number of aromatic nitrogens is 1. The molecule has 2 aromatic heterocycles. The van der Waals surface area contributed by atoms with E-state index in [1.807, 2.05) is 18.2 Å². The minimum Gasteiger partial charge on any atom is -0.465 e. The third-order valence-electron chi connectivity index (χ3n) is 5.41. The maximum absolute atomic E-state index is 12.7. The summed E-state index contributed by atoms with van der Waals surface area (Å²) >= 11 is 1.72. The Balaban J connectivity index is 1.46. The molecule has 0 unspecified atom stereocenters. The fourth-order valence-corrected chi connectivity index (χ4v) is 4.89. The molecule has 4 rings (SSSR count). The third kappa shape index (κ3) is 4.54. The van der Waals surface area contributed by atoms with Crippen LogP contribution in [0.5, 0.6) is 0 Å². The standard InChI is InChI=1S/C23H24N4O3S/c1-15-18-5-3-4-6-19(18)31-20(15)14-26(2)21(28)8-7-16-11-17-13-27(23(29)30)10-9-24-22(17)25-12-16/h3-8,11-12H,9-10,13-14H2,1-2H3,(H,24,25)(H,29,30). The fourth-order valence-electron chi connectivity index (χ4n) is 3.62. The number of benzene rings is 1. The minimum absolute atomic E-state index is 0.0999. The quantitative estimate of drug-likeness (QED) is 0.599. The van der Waals surface area contributed by atoms with Gasteiger partial charge in [0, 0.05) is 47.6 Å². The second-order valence-electron chi connectivity index (χ2n) is 7.58. The minimum atomic E-state index is -0.955. The molecule has 0 saturated carbocycles. The summed E-state index contributed by atoms with van der Waals surface area (Å²) in [5.41, 5.74) is 2.77. The van der Waals surface area contributed by atoms with Gasteiger partial charge in [0.15, 0.2) is 0 Å². The maximum atomic E-state index is 12.7. The zero-order valence-corrected chi connectivity index (χ0v) is 18.3. The smallest absolute Gasteiger partial charge is 0.407 e. The number of carbonyl (C=O) groups excluding carboxylic acids is 1. The number of nitrogens with zero attached hydrogens (tertiary/aromatic N) is 3. The first-order valence-electron chi connectivity index (χ1n) is 10.0. The van der Waals surface area contributed by atoms with E-state index in [-0.39, 0.29) is 12.5 Å². The number of hydrogen-bond donors (Lipinski definition) is 2. The van der Waals surface area contributed by atoms with E-state index in [2.05, 4.69) is 29.4 Å². The SMILES string of the molecule is Cc1c(CN(C)C(=O)C=Cc2cnc3c(c2)CN(C(=O)O)CCN3)sc2ccccc12. The lowest BCUT2D eigenvalue weighted by atomic mass is 10.1. The molecule has 1 aromatic carbocycles. The molecule has 1 aliphatic rings. The number of amides is 2. The number of carboxylic acid groups (broad SMARTS) is 1. The number of likely N-dealkylation sites (N-methyl/N-ethyl adjacent to an activating group) is 1. The van der Waals surface area contributed by atoms with Crippen molar-refractivity contribution in [2.24, 2.45) is 0 Å². The second kappa shape index (κ2) is 8.77. The Bertz CT molecular complexity index is 1170. The highest BCUT2D eigenvalue weighted by molar-refractivity contribution is 7.19. The summed E-state index contributed by atoms with van der Waals surface area (Å²) in [4.78, 5) is 32.6. The normalized spacial score (nSPS) is 13.7. The van der Waals surface area contributed by atoms with E-state index in [1.165, 1.54) is 31.5 Å². The van der Waals surface area contributed by atoms with Gasteiger partial charge in [-0.2, -0.15) is 0 Å². The predicted molar refractivity (Wildman–Crippen MR) is 123 cm³/mol. The lowest BCUT2D eigenvalue weighted by molar-refractivity contribution is -0.125. The summed E-state index contributed by atoms with van der Waals surface area (Å²) < 4.78 is 1.23. The van der Waals surface area contributed by atoms with Gasteiger partial charge in [0.25, 0.3) is 0 Å². The molecule has 7 nitrogen and oxygen atoms in total. The van der Waals surface area contributed by atoms with Gasteiger partial charge in [0.2, 0.25) is 5.91 Å². The molecule has 0 aliphatic carbocycles. The van der Waals surface area contributed by atoms with Crippen molar-refractivity contribution >= 4 is 45.3 Å². The molecule has 3 heterocycles. The number of aryl methyl sites for hydroxylation is 1. The topological polar surface area (TPSA) is 85.8 Å². The molecule has 0 atom stereocenters. The molecule has 160 valence electrons. The van der Waals surface area contributed by atoms with Crippen molar-refractivity contribution in [2.75, 3.05) is 25.5 Å². The zero-order valence-electron chi connectivity index (χ0n) is 17.5. The van der Waals surface area contributed by atoms with Crippen molar-refractivity contribution in [2.45, 2.75) is 20.0 Å². The van der Waals surface area contributed by atoms with Crippen LogP contribution in [0.25, 0.3) is 16.2 Å². The number of rotatable bonds is 4. The van der Waals surface area contributed by atoms with E-state index in [0.29, 0.717) is 25.5 Å². The van der Waals surface area contributed by atoms with Gasteiger partial charge in [-0.25, -0.2) is 9.78 Å². The lowest BCUT2D eigenvalue weighted by Crippen LogP contribution is -2.31. The summed E-state index contributed by atoms with van der Waals surface area (Å²) in [6, 6.07) is 10.1. The van der Waals surface area contributed by atoms with Crippen LogP contribution in [-0.4, -0.2) is 52.0 Å². The van der Waals surface area contributed by atoms with Crippen LogP contribution in [0, 0.1) is 6.92 Å². The predicted octanol–water partition coefficient (Wildman–Crippen LogP) is 4.18. The lowest BCUT2D eigenvalue weighted by Gasteiger charge is -2.16. The van der Waals surface area contributed by atoms with Gasteiger partial charge < -0.3 is 20.2 Å². The largest absolute Gasteiger partial charge is 0.465 e. The van der Waals surface area contributed by atoms with Crippen LogP contribution in [0.15, 0.2) is 42.6 Å². The van der Waals surface area contributed by atoms with E-state index < -0.39 is 6.09 Å². The van der Waals surface area contributed by atoms with Gasteiger partial charge in [-0.3, -0.25) is 4.79 Å². The van der Waals surface area contributed by atoms with Crippen LogP contribution in [0.2, 0.25) is 0 Å². The third-order valence-corrected chi connectivity index (χ3v) is 6.67. The van der Waals surface area contributed by atoms with Crippen LogP contribution in [0.4, 0.5) is 10.6 Å². The number of thiophene rings is 1. The monoisotopic (exact) mass is 436 g/mol. The number of fused-ring (bicyclic) bond motifs is 2. The van der Waals surface area contributed by atoms with Gasteiger partial charge in [-0.1, -0.05) is 18.2 Å². The molecule has 3 aromatic rings. The summed E-state index contributed by atoms with van der Waals surface area (Å²) in [7, 11) is 1.79. The summed E-state index contributed by atoms with van der Waals surface area (Å²) in [6.45, 7) is 3.83. The van der Waals surface area contributed by atoms with Crippen LogP contribution in [0.1, 0.15) is 21.6 Å². The molecule has 31 heavy (non-hydrogen) atoms. The van der Waals surface area contributed by atoms with Crippen LogP contribution in [0.3, 0.4) is 0 Å². The van der Waals surface area contributed by atoms with Crippen molar-refractivity contribution in [3.05, 3.63) is 64.2 Å². The summed E-state index contributed by atoms with van der Waals surface area (Å²) in [5.74, 6) is 0.585. The van der Waals surface area contributed by atoms with Gasteiger partial charge in [0.1, 0.15) is 5.82 Å². The molecule has 1 aliphatic heterocycles. The van der Waals surface area contributed by atoms with E-state index in [4.69, 9.17) is 0 Å². The Morgan fingerprint density at radius 2 is 2.16 bits per heavy atom.